The molecule has 1 spiro atoms. The Kier molecular flexibility index (Phi) is 2.11. The number of rotatable bonds is 0. The Morgan fingerprint density at radius 1 is 1.06 bits per heavy atom. The average Bonchev–Trinajstić information content (AvgIpc) is 2.35. The van der Waals surface area contributed by atoms with Gasteiger partial charge in [-0.2, -0.15) is 0 Å². The molecule has 2 rings (SSSR count). The number of urea groups is 1. The van der Waals surface area contributed by atoms with Gasteiger partial charge >= 0.3 is 6.03 Å². The summed E-state index contributed by atoms with van der Waals surface area (Å²) >= 11 is 0. The Labute approximate surface area is 95.3 Å². The van der Waals surface area contributed by atoms with Gasteiger partial charge in [-0.25, -0.2) is 4.79 Å². The minimum Gasteiger partial charge on any atom is -0.322 e. The standard InChI is InChI=1S/C11H19N3O2/c1-9(2)5-6-11(10(3,4)14-9)7(15)12-8(16)13-11/h14H,5-6H2,1-4H3,(H2,12,13,15,16). The van der Waals surface area contributed by atoms with E-state index in [0.717, 1.165) is 6.42 Å². The second-order valence-corrected chi connectivity index (χ2v) is 5.95. The first-order valence-corrected chi connectivity index (χ1v) is 5.62. The number of hydrogen-bond donors (Lipinski definition) is 3. The van der Waals surface area contributed by atoms with Gasteiger partial charge in [-0.3, -0.25) is 10.1 Å². The Hall–Kier alpha value is -1.10. The van der Waals surface area contributed by atoms with Crippen molar-refractivity contribution in [1.29, 1.82) is 0 Å². The van der Waals surface area contributed by atoms with Crippen molar-refractivity contribution in [2.24, 2.45) is 0 Å². The lowest BCUT2D eigenvalue weighted by atomic mass is 9.69. The molecule has 2 heterocycles. The van der Waals surface area contributed by atoms with Gasteiger partial charge in [0, 0.05) is 11.1 Å². The fourth-order valence-corrected chi connectivity index (χ4v) is 2.94. The number of nitrogens with one attached hydrogen (secondary N) is 3. The highest BCUT2D eigenvalue weighted by Crippen LogP contribution is 2.38. The summed E-state index contributed by atoms with van der Waals surface area (Å²) in [5.74, 6) is -0.217. The predicted octanol–water partition coefficient (Wildman–Crippen LogP) is 0.505. The van der Waals surface area contributed by atoms with Gasteiger partial charge in [-0.15, -0.1) is 0 Å². The summed E-state index contributed by atoms with van der Waals surface area (Å²) in [6.07, 6.45) is 1.52. The van der Waals surface area contributed by atoms with Gasteiger partial charge in [0.25, 0.3) is 5.91 Å². The third-order valence-corrected chi connectivity index (χ3v) is 3.78. The van der Waals surface area contributed by atoms with Crippen LogP contribution in [0.1, 0.15) is 40.5 Å². The smallest absolute Gasteiger partial charge is 0.322 e. The fourth-order valence-electron chi connectivity index (χ4n) is 2.94. The highest BCUT2D eigenvalue weighted by atomic mass is 16.2. The van der Waals surface area contributed by atoms with Crippen LogP contribution in [0.3, 0.4) is 0 Å². The molecule has 16 heavy (non-hydrogen) atoms. The Bertz CT molecular complexity index is 362. The molecular weight excluding hydrogens is 206 g/mol. The second-order valence-electron chi connectivity index (χ2n) is 5.95. The zero-order valence-corrected chi connectivity index (χ0v) is 10.2. The summed E-state index contributed by atoms with van der Waals surface area (Å²) in [6.45, 7) is 8.13. The molecule has 0 radical (unpaired) electrons. The number of amides is 3. The Morgan fingerprint density at radius 3 is 2.12 bits per heavy atom. The largest absolute Gasteiger partial charge is 0.322 e. The van der Waals surface area contributed by atoms with Gasteiger partial charge in [0.15, 0.2) is 0 Å². The van der Waals surface area contributed by atoms with Crippen LogP contribution < -0.4 is 16.0 Å². The monoisotopic (exact) mass is 225 g/mol. The van der Waals surface area contributed by atoms with Crippen LogP contribution in [0.25, 0.3) is 0 Å². The van der Waals surface area contributed by atoms with E-state index in [2.05, 4.69) is 29.8 Å². The van der Waals surface area contributed by atoms with E-state index in [1.165, 1.54) is 0 Å². The first-order chi connectivity index (χ1) is 7.19. The molecule has 2 aliphatic heterocycles. The molecule has 1 atom stereocenters. The summed E-state index contributed by atoms with van der Waals surface area (Å²) < 4.78 is 0. The molecule has 2 saturated heterocycles. The predicted molar refractivity (Wildman–Crippen MR) is 59.9 cm³/mol. The van der Waals surface area contributed by atoms with Crippen molar-refractivity contribution in [1.82, 2.24) is 16.0 Å². The van der Waals surface area contributed by atoms with Crippen molar-refractivity contribution in [2.45, 2.75) is 57.2 Å². The lowest BCUT2D eigenvalue weighted by Gasteiger charge is -2.52. The van der Waals surface area contributed by atoms with Crippen LogP contribution in [0.4, 0.5) is 4.79 Å². The number of carbonyl (C=O) groups is 2. The van der Waals surface area contributed by atoms with E-state index in [1.807, 2.05) is 13.8 Å². The van der Waals surface area contributed by atoms with Crippen LogP contribution in [0.15, 0.2) is 0 Å². The minimum absolute atomic E-state index is 0.0116. The van der Waals surface area contributed by atoms with Gasteiger partial charge in [0.1, 0.15) is 5.54 Å². The second kappa shape index (κ2) is 2.97. The first kappa shape index (κ1) is 11.4. The zero-order valence-electron chi connectivity index (χ0n) is 10.2. The van der Waals surface area contributed by atoms with Gasteiger partial charge in [0.05, 0.1) is 0 Å². The third kappa shape index (κ3) is 1.42. The molecule has 5 heteroatoms. The lowest BCUT2D eigenvalue weighted by Crippen LogP contribution is -2.74. The van der Waals surface area contributed by atoms with Gasteiger partial charge < -0.3 is 10.6 Å². The third-order valence-electron chi connectivity index (χ3n) is 3.78. The van der Waals surface area contributed by atoms with Crippen molar-refractivity contribution >= 4 is 11.9 Å². The summed E-state index contributed by atoms with van der Waals surface area (Å²) in [6, 6.07) is -0.389. The van der Waals surface area contributed by atoms with E-state index in [9.17, 15) is 9.59 Å². The summed E-state index contributed by atoms with van der Waals surface area (Å²) in [4.78, 5) is 23.3. The zero-order chi connectivity index (χ0) is 12.2. The van der Waals surface area contributed by atoms with Crippen LogP contribution in [-0.4, -0.2) is 28.6 Å². The molecule has 3 amide bonds. The molecule has 1 unspecified atom stereocenters. The molecule has 5 nitrogen and oxygen atoms in total. The topological polar surface area (TPSA) is 70.2 Å². The molecule has 2 fully saturated rings. The summed E-state index contributed by atoms with van der Waals surface area (Å²) in [5, 5.41) is 8.56. The summed E-state index contributed by atoms with van der Waals surface area (Å²) in [5.41, 5.74) is -1.27. The Balaban J connectivity index is 2.36. The molecule has 0 aliphatic carbocycles. The Morgan fingerprint density at radius 2 is 1.69 bits per heavy atom. The normalized spacial score (nSPS) is 36.0. The SMILES string of the molecule is CC1(C)CCC2(NC(=O)NC2=O)C(C)(C)N1. The average molecular weight is 225 g/mol. The van der Waals surface area contributed by atoms with Crippen molar-refractivity contribution < 1.29 is 9.59 Å². The first-order valence-electron chi connectivity index (χ1n) is 5.62. The molecule has 0 aromatic heterocycles. The van der Waals surface area contributed by atoms with Crippen molar-refractivity contribution in [3.8, 4) is 0 Å². The lowest BCUT2D eigenvalue weighted by molar-refractivity contribution is -0.129. The number of hydrogen-bond acceptors (Lipinski definition) is 3. The molecule has 0 aromatic rings. The van der Waals surface area contributed by atoms with Gasteiger partial charge in [-0.05, 0) is 40.5 Å². The van der Waals surface area contributed by atoms with E-state index < -0.39 is 11.1 Å². The van der Waals surface area contributed by atoms with Gasteiger partial charge in [0.2, 0.25) is 0 Å². The quantitative estimate of drug-likeness (QED) is 0.526. The molecule has 0 bridgehead atoms. The summed E-state index contributed by atoms with van der Waals surface area (Å²) in [7, 11) is 0. The van der Waals surface area contributed by atoms with Crippen LogP contribution in [-0.2, 0) is 4.79 Å². The molecular formula is C11H19N3O2. The van der Waals surface area contributed by atoms with E-state index in [-0.39, 0.29) is 17.5 Å². The van der Waals surface area contributed by atoms with E-state index in [4.69, 9.17) is 0 Å². The van der Waals surface area contributed by atoms with Crippen molar-refractivity contribution in [2.75, 3.05) is 0 Å². The number of imide groups is 1. The van der Waals surface area contributed by atoms with E-state index >= 15 is 0 Å². The van der Waals surface area contributed by atoms with Crippen molar-refractivity contribution in [3.05, 3.63) is 0 Å². The highest BCUT2D eigenvalue weighted by Gasteiger charge is 2.59. The van der Waals surface area contributed by atoms with Crippen LogP contribution in [0.2, 0.25) is 0 Å². The van der Waals surface area contributed by atoms with Crippen LogP contribution >= 0.6 is 0 Å². The molecule has 2 aliphatic rings. The fraction of sp³-hybridized carbons (Fsp3) is 0.818. The molecule has 90 valence electrons. The van der Waals surface area contributed by atoms with E-state index in [1.54, 1.807) is 0 Å². The van der Waals surface area contributed by atoms with Crippen molar-refractivity contribution in [3.63, 3.8) is 0 Å². The van der Waals surface area contributed by atoms with Gasteiger partial charge in [-0.1, -0.05) is 0 Å². The maximum Gasteiger partial charge on any atom is 0.322 e. The van der Waals surface area contributed by atoms with E-state index in [0.29, 0.717) is 6.42 Å². The maximum atomic E-state index is 12.0. The molecule has 0 aromatic carbocycles. The number of carbonyl (C=O) groups excluding carboxylic acids is 2. The highest BCUT2D eigenvalue weighted by molar-refractivity contribution is 6.08. The number of piperidine rings is 1. The molecule has 0 saturated carbocycles. The maximum absolute atomic E-state index is 12.0. The van der Waals surface area contributed by atoms with Crippen LogP contribution in [0.5, 0.6) is 0 Å². The minimum atomic E-state index is -0.806. The molecule has 3 N–H and O–H groups in total. The van der Waals surface area contributed by atoms with Crippen LogP contribution in [0, 0.1) is 0 Å².